The number of benzene rings is 1. The molecule has 0 spiro atoms. The molecule has 1 aromatic carbocycles. The van der Waals surface area contributed by atoms with Gasteiger partial charge in [0.25, 0.3) is 0 Å². The molecule has 0 atom stereocenters. The standard InChI is InChI=1S/C13H10Cl2N2O3/c1-19-13(18)7-2-3-17-12(4-7)20-11-6-9(15)8(14)5-10(11)16/h2-6H,16H2,1H3. The number of nitrogen functional groups attached to an aromatic ring is 1. The first kappa shape index (κ1) is 14.4. The van der Waals surface area contributed by atoms with Crippen LogP contribution in [0.4, 0.5) is 5.69 Å². The van der Waals surface area contributed by atoms with Crippen LogP contribution >= 0.6 is 23.2 Å². The van der Waals surface area contributed by atoms with E-state index in [4.69, 9.17) is 33.7 Å². The number of methoxy groups -OCH3 is 1. The van der Waals surface area contributed by atoms with E-state index in [1.54, 1.807) is 0 Å². The van der Waals surface area contributed by atoms with Crippen LogP contribution in [0, 0.1) is 0 Å². The zero-order valence-electron chi connectivity index (χ0n) is 10.4. The molecule has 104 valence electrons. The van der Waals surface area contributed by atoms with Gasteiger partial charge in [-0.05, 0) is 12.1 Å². The summed E-state index contributed by atoms with van der Waals surface area (Å²) in [6, 6.07) is 5.90. The molecule has 7 heteroatoms. The second-order valence-corrected chi connectivity index (χ2v) is 4.59. The van der Waals surface area contributed by atoms with Crippen LogP contribution in [0.25, 0.3) is 0 Å². The van der Waals surface area contributed by atoms with Gasteiger partial charge in [-0.25, -0.2) is 9.78 Å². The molecule has 1 heterocycles. The maximum atomic E-state index is 11.4. The summed E-state index contributed by atoms with van der Waals surface area (Å²) in [6.45, 7) is 0. The summed E-state index contributed by atoms with van der Waals surface area (Å²) < 4.78 is 10.1. The lowest BCUT2D eigenvalue weighted by Crippen LogP contribution is -2.02. The minimum absolute atomic E-state index is 0.193. The van der Waals surface area contributed by atoms with Crippen molar-refractivity contribution in [1.29, 1.82) is 0 Å². The summed E-state index contributed by atoms with van der Waals surface area (Å²) >= 11 is 11.7. The SMILES string of the molecule is COC(=O)c1ccnc(Oc2cc(Cl)c(Cl)cc2N)c1. The van der Waals surface area contributed by atoms with Gasteiger partial charge in [0.1, 0.15) is 0 Å². The fourth-order valence-corrected chi connectivity index (χ4v) is 1.78. The van der Waals surface area contributed by atoms with Crippen molar-refractivity contribution in [2.75, 3.05) is 12.8 Å². The van der Waals surface area contributed by atoms with E-state index in [0.29, 0.717) is 27.0 Å². The monoisotopic (exact) mass is 312 g/mol. The Morgan fingerprint density at radius 3 is 2.65 bits per heavy atom. The van der Waals surface area contributed by atoms with E-state index in [0.717, 1.165) is 0 Å². The second-order valence-electron chi connectivity index (χ2n) is 3.78. The molecule has 0 saturated heterocycles. The highest BCUT2D eigenvalue weighted by Crippen LogP contribution is 2.34. The molecule has 20 heavy (non-hydrogen) atoms. The Morgan fingerprint density at radius 2 is 1.95 bits per heavy atom. The van der Waals surface area contributed by atoms with E-state index in [1.165, 1.54) is 37.6 Å². The molecule has 0 aliphatic rings. The van der Waals surface area contributed by atoms with Crippen LogP contribution in [0.3, 0.4) is 0 Å². The predicted octanol–water partition coefficient (Wildman–Crippen LogP) is 3.55. The number of rotatable bonds is 3. The number of nitrogens with zero attached hydrogens (tertiary/aromatic N) is 1. The summed E-state index contributed by atoms with van der Waals surface area (Å²) in [7, 11) is 1.29. The lowest BCUT2D eigenvalue weighted by molar-refractivity contribution is 0.0600. The largest absolute Gasteiger partial charge is 0.465 e. The van der Waals surface area contributed by atoms with E-state index in [2.05, 4.69) is 9.72 Å². The quantitative estimate of drug-likeness (QED) is 0.693. The van der Waals surface area contributed by atoms with Gasteiger partial charge in [0.05, 0.1) is 28.4 Å². The van der Waals surface area contributed by atoms with Crippen molar-refractivity contribution in [2.24, 2.45) is 0 Å². The van der Waals surface area contributed by atoms with E-state index in [-0.39, 0.29) is 5.88 Å². The molecule has 2 rings (SSSR count). The number of pyridine rings is 1. The summed E-state index contributed by atoms with van der Waals surface area (Å²) in [6.07, 6.45) is 1.43. The van der Waals surface area contributed by atoms with Crippen molar-refractivity contribution in [3.05, 3.63) is 46.1 Å². The average Bonchev–Trinajstić information content (AvgIpc) is 2.44. The Hall–Kier alpha value is -1.98. The first-order chi connectivity index (χ1) is 9.51. The van der Waals surface area contributed by atoms with Gasteiger partial charge >= 0.3 is 5.97 Å². The lowest BCUT2D eigenvalue weighted by atomic mass is 10.2. The van der Waals surface area contributed by atoms with Crippen LogP contribution < -0.4 is 10.5 Å². The van der Waals surface area contributed by atoms with Gasteiger partial charge in [0.15, 0.2) is 5.75 Å². The molecule has 2 aromatic rings. The van der Waals surface area contributed by atoms with E-state index in [9.17, 15) is 4.79 Å². The van der Waals surface area contributed by atoms with Crippen molar-refractivity contribution in [3.63, 3.8) is 0 Å². The third-order valence-electron chi connectivity index (χ3n) is 2.42. The molecule has 1 aromatic heterocycles. The van der Waals surface area contributed by atoms with Crippen molar-refractivity contribution >= 4 is 34.9 Å². The highest BCUT2D eigenvalue weighted by atomic mass is 35.5. The number of aromatic nitrogens is 1. The van der Waals surface area contributed by atoms with Crippen LogP contribution in [0.15, 0.2) is 30.5 Å². The lowest BCUT2D eigenvalue weighted by Gasteiger charge is -2.09. The van der Waals surface area contributed by atoms with Gasteiger partial charge in [-0.3, -0.25) is 0 Å². The summed E-state index contributed by atoms with van der Waals surface area (Å²) in [4.78, 5) is 15.4. The number of esters is 1. The highest BCUT2D eigenvalue weighted by Gasteiger charge is 2.11. The first-order valence-corrected chi connectivity index (χ1v) is 6.23. The Labute approximate surface area is 125 Å². The minimum atomic E-state index is -0.487. The van der Waals surface area contributed by atoms with E-state index in [1.807, 2.05) is 0 Å². The van der Waals surface area contributed by atoms with Crippen molar-refractivity contribution in [1.82, 2.24) is 4.98 Å². The van der Waals surface area contributed by atoms with Crippen molar-refractivity contribution < 1.29 is 14.3 Å². The first-order valence-electron chi connectivity index (χ1n) is 5.48. The number of carbonyl (C=O) groups excluding carboxylic acids is 1. The predicted molar refractivity (Wildman–Crippen MR) is 76.5 cm³/mol. The number of carbonyl (C=O) groups is 1. The molecule has 0 aliphatic carbocycles. The van der Waals surface area contributed by atoms with Crippen LogP contribution in [-0.4, -0.2) is 18.1 Å². The van der Waals surface area contributed by atoms with E-state index < -0.39 is 5.97 Å². The van der Waals surface area contributed by atoms with Crippen molar-refractivity contribution in [3.8, 4) is 11.6 Å². The van der Waals surface area contributed by atoms with Crippen LogP contribution in [0.1, 0.15) is 10.4 Å². The molecule has 0 unspecified atom stereocenters. The Balaban J connectivity index is 2.31. The van der Waals surface area contributed by atoms with Crippen molar-refractivity contribution in [2.45, 2.75) is 0 Å². The maximum Gasteiger partial charge on any atom is 0.338 e. The minimum Gasteiger partial charge on any atom is -0.465 e. The number of nitrogens with two attached hydrogens (primary N) is 1. The molecule has 0 bridgehead atoms. The normalized spacial score (nSPS) is 10.2. The fourth-order valence-electron chi connectivity index (χ4n) is 1.46. The van der Waals surface area contributed by atoms with E-state index >= 15 is 0 Å². The van der Waals surface area contributed by atoms with Crippen LogP contribution in [0.5, 0.6) is 11.6 Å². The Kier molecular flexibility index (Phi) is 4.32. The number of hydrogen-bond acceptors (Lipinski definition) is 5. The topological polar surface area (TPSA) is 74.4 Å². The zero-order valence-corrected chi connectivity index (χ0v) is 11.9. The maximum absolute atomic E-state index is 11.4. The Morgan fingerprint density at radius 1 is 1.25 bits per heavy atom. The smallest absolute Gasteiger partial charge is 0.338 e. The molecule has 0 saturated carbocycles. The van der Waals surface area contributed by atoms with Gasteiger partial charge < -0.3 is 15.2 Å². The summed E-state index contributed by atoms with van der Waals surface area (Å²) in [5.41, 5.74) is 6.40. The van der Waals surface area contributed by atoms with Crippen LogP contribution in [0.2, 0.25) is 10.0 Å². The summed E-state index contributed by atoms with van der Waals surface area (Å²) in [5.74, 6) is 0.00580. The molecule has 5 nitrogen and oxygen atoms in total. The average molecular weight is 313 g/mol. The van der Waals surface area contributed by atoms with Gasteiger partial charge in [-0.2, -0.15) is 0 Å². The van der Waals surface area contributed by atoms with Crippen LogP contribution in [-0.2, 0) is 4.74 Å². The zero-order chi connectivity index (χ0) is 14.7. The fraction of sp³-hybridized carbons (Fsp3) is 0.0769. The number of ether oxygens (including phenoxy) is 2. The molecule has 0 radical (unpaired) electrons. The Bertz CT molecular complexity index is 662. The third-order valence-corrected chi connectivity index (χ3v) is 3.15. The molecule has 0 fully saturated rings. The second kappa shape index (κ2) is 5.98. The van der Waals surface area contributed by atoms with Gasteiger partial charge in [0.2, 0.25) is 5.88 Å². The molecular weight excluding hydrogens is 303 g/mol. The van der Waals surface area contributed by atoms with Gasteiger partial charge in [-0.1, -0.05) is 23.2 Å². The molecule has 2 N–H and O–H groups in total. The highest BCUT2D eigenvalue weighted by molar-refractivity contribution is 6.42. The molecule has 0 amide bonds. The number of hydrogen-bond donors (Lipinski definition) is 1. The number of anilines is 1. The third kappa shape index (κ3) is 3.12. The molecule has 0 aliphatic heterocycles. The van der Waals surface area contributed by atoms with Gasteiger partial charge in [-0.15, -0.1) is 0 Å². The number of halogens is 2. The van der Waals surface area contributed by atoms with Gasteiger partial charge in [0, 0.05) is 18.3 Å². The molecular formula is C13H10Cl2N2O3. The summed E-state index contributed by atoms with van der Waals surface area (Å²) in [5, 5.41) is 0.632.